The van der Waals surface area contributed by atoms with Crippen LogP contribution in [0.2, 0.25) is 0 Å². The summed E-state index contributed by atoms with van der Waals surface area (Å²) in [5, 5.41) is 8.77. The van der Waals surface area contributed by atoms with Crippen LogP contribution in [0.3, 0.4) is 0 Å². The van der Waals surface area contributed by atoms with Crippen molar-refractivity contribution >= 4 is 10.0 Å². The molecule has 114 valence electrons. The number of hydrogen-bond donors (Lipinski definition) is 1. The van der Waals surface area contributed by atoms with Crippen LogP contribution in [-0.2, 0) is 10.0 Å². The van der Waals surface area contributed by atoms with Gasteiger partial charge >= 0.3 is 0 Å². The van der Waals surface area contributed by atoms with Crippen molar-refractivity contribution in [1.82, 2.24) is 4.72 Å². The second-order valence-corrected chi connectivity index (χ2v) is 6.08. The maximum absolute atomic E-state index is 13.3. The lowest BCUT2D eigenvalue weighted by Gasteiger charge is -2.09. The summed E-state index contributed by atoms with van der Waals surface area (Å²) in [4.78, 5) is -0.00237. The highest BCUT2D eigenvalue weighted by Gasteiger charge is 2.14. The Morgan fingerprint density at radius 2 is 1.95 bits per heavy atom. The zero-order valence-electron chi connectivity index (χ0n) is 11.5. The molecule has 0 saturated carbocycles. The fourth-order valence-corrected chi connectivity index (χ4v) is 2.77. The van der Waals surface area contributed by atoms with Crippen LogP contribution in [0.5, 0.6) is 5.75 Å². The summed E-state index contributed by atoms with van der Waals surface area (Å²) in [6.45, 7) is -0.0362. The Labute approximate surface area is 128 Å². The summed E-state index contributed by atoms with van der Waals surface area (Å²) in [6, 6.07) is 13.4. The van der Waals surface area contributed by atoms with E-state index in [1.165, 1.54) is 42.5 Å². The molecule has 0 spiro atoms. The molecule has 7 heteroatoms. The molecule has 0 heterocycles. The highest BCUT2D eigenvalue weighted by atomic mass is 32.2. The molecule has 0 saturated heterocycles. The first-order chi connectivity index (χ1) is 10.5. The van der Waals surface area contributed by atoms with Crippen LogP contribution in [0.25, 0.3) is 0 Å². The van der Waals surface area contributed by atoms with Gasteiger partial charge in [-0.15, -0.1) is 0 Å². The molecule has 0 unspecified atom stereocenters. The monoisotopic (exact) mass is 320 g/mol. The summed E-state index contributed by atoms with van der Waals surface area (Å²) in [5.74, 6) is -0.444. The first-order valence-electron chi connectivity index (χ1n) is 6.40. The van der Waals surface area contributed by atoms with Gasteiger partial charge in [0.25, 0.3) is 0 Å². The molecule has 2 aromatic rings. The molecule has 0 aliphatic heterocycles. The van der Waals surface area contributed by atoms with E-state index in [-0.39, 0.29) is 29.4 Å². The average Bonchev–Trinajstić information content (AvgIpc) is 2.53. The van der Waals surface area contributed by atoms with Crippen molar-refractivity contribution in [2.45, 2.75) is 4.90 Å². The van der Waals surface area contributed by atoms with Crippen molar-refractivity contribution in [2.24, 2.45) is 0 Å². The van der Waals surface area contributed by atoms with Crippen molar-refractivity contribution in [3.05, 3.63) is 59.9 Å². The molecule has 0 aliphatic rings. The topological polar surface area (TPSA) is 79.2 Å². The lowest BCUT2D eigenvalue weighted by Crippen LogP contribution is -2.28. The van der Waals surface area contributed by atoms with Gasteiger partial charge in [0.2, 0.25) is 10.0 Å². The third-order valence-electron chi connectivity index (χ3n) is 2.76. The van der Waals surface area contributed by atoms with Gasteiger partial charge in [0.05, 0.1) is 16.5 Å². The Morgan fingerprint density at radius 3 is 2.68 bits per heavy atom. The zero-order chi connectivity index (χ0) is 16.0. The second kappa shape index (κ2) is 7.02. The van der Waals surface area contributed by atoms with Crippen LogP contribution in [0.4, 0.5) is 4.39 Å². The number of nitrogens with one attached hydrogen (secondary N) is 1. The highest BCUT2D eigenvalue weighted by molar-refractivity contribution is 7.89. The molecule has 5 nitrogen and oxygen atoms in total. The molecule has 2 aromatic carbocycles. The maximum atomic E-state index is 13.3. The number of benzene rings is 2. The third-order valence-corrected chi connectivity index (χ3v) is 4.22. The lowest BCUT2D eigenvalue weighted by molar-refractivity contribution is 0.306. The molecular weight excluding hydrogens is 307 g/mol. The SMILES string of the molecule is N#Cc1cccc(S(=O)(=O)NCCOc2ccccc2F)c1. The molecule has 0 bridgehead atoms. The Kier molecular flexibility index (Phi) is 5.09. The van der Waals surface area contributed by atoms with E-state index in [1.54, 1.807) is 6.07 Å². The largest absolute Gasteiger partial charge is 0.489 e. The van der Waals surface area contributed by atoms with Gasteiger partial charge in [0.1, 0.15) is 6.61 Å². The van der Waals surface area contributed by atoms with Gasteiger partial charge in [0, 0.05) is 6.54 Å². The number of rotatable bonds is 6. The zero-order valence-corrected chi connectivity index (χ0v) is 12.3. The molecule has 0 radical (unpaired) electrons. The van der Waals surface area contributed by atoms with Crippen LogP contribution in [0.15, 0.2) is 53.4 Å². The van der Waals surface area contributed by atoms with Gasteiger partial charge in [-0.05, 0) is 30.3 Å². The van der Waals surface area contributed by atoms with Crippen molar-refractivity contribution in [3.8, 4) is 11.8 Å². The molecule has 0 amide bonds. The van der Waals surface area contributed by atoms with Gasteiger partial charge in [0.15, 0.2) is 11.6 Å². The smallest absolute Gasteiger partial charge is 0.240 e. The number of halogens is 1. The van der Waals surface area contributed by atoms with E-state index in [4.69, 9.17) is 10.00 Å². The van der Waals surface area contributed by atoms with E-state index >= 15 is 0 Å². The lowest BCUT2D eigenvalue weighted by atomic mass is 10.2. The number of sulfonamides is 1. The molecule has 0 aliphatic carbocycles. The standard InChI is InChI=1S/C15H13FN2O3S/c16-14-6-1-2-7-15(14)21-9-8-18-22(19,20)13-5-3-4-12(10-13)11-17/h1-7,10,18H,8-9H2. The molecule has 0 atom stereocenters. The molecule has 2 rings (SSSR count). The van der Waals surface area contributed by atoms with Crippen LogP contribution < -0.4 is 9.46 Å². The minimum absolute atomic E-state index is 0.00237. The Bertz CT molecular complexity index is 800. The first kappa shape index (κ1) is 15.9. The average molecular weight is 320 g/mol. The number of para-hydroxylation sites is 1. The summed E-state index contributed by atoms with van der Waals surface area (Å²) >= 11 is 0. The number of nitrogens with zero attached hydrogens (tertiary/aromatic N) is 1. The van der Waals surface area contributed by atoms with Gasteiger partial charge in [-0.25, -0.2) is 17.5 Å². The number of ether oxygens (including phenoxy) is 1. The summed E-state index contributed by atoms with van der Waals surface area (Å²) in [6.07, 6.45) is 0. The first-order valence-corrected chi connectivity index (χ1v) is 7.88. The summed E-state index contributed by atoms with van der Waals surface area (Å²) in [5.41, 5.74) is 0.255. The number of nitriles is 1. The predicted octanol–water partition coefficient (Wildman–Crippen LogP) is 2.05. The van der Waals surface area contributed by atoms with Crippen LogP contribution in [0, 0.1) is 17.1 Å². The Morgan fingerprint density at radius 1 is 1.18 bits per heavy atom. The van der Waals surface area contributed by atoms with E-state index < -0.39 is 15.8 Å². The second-order valence-electron chi connectivity index (χ2n) is 4.32. The molecule has 22 heavy (non-hydrogen) atoms. The van der Waals surface area contributed by atoms with E-state index in [0.29, 0.717) is 0 Å². The quantitative estimate of drug-likeness (QED) is 0.826. The van der Waals surface area contributed by atoms with Crippen molar-refractivity contribution in [1.29, 1.82) is 5.26 Å². The van der Waals surface area contributed by atoms with E-state index in [1.807, 2.05) is 6.07 Å². The molecule has 0 fully saturated rings. The Balaban J connectivity index is 1.93. The summed E-state index contributed by atoms with van der Waals surface area (Å²) in [7, 11) is -3.73. The minimum Gasteiger partial charge on any atom is -0.489 e. The van der Waals surface area contributed by atoms with Crippen LogP contribution in [0.1, 0.15) is 5.56 Å². The highest BCUT2D eigenvalue weighted by Crippen LogP contribution is 2.15. The van der Waals surface area contributed by atoms with Crippen molar-refractivity contribution in [2.75, 3.05) is 13.2 Å². The maximum Gasteiger partial charge on any atom is 0.240 e. The van der Waals surface area contributed by atoms with E-state index in [9.17, 15) is 12.8 Å². The van der Waals surface area contributed by atoms with Crippen LogP contribution >= 0.6 is 0 Å². The van der Waals surface area contributed by atoms with Gasteiger partial charge in [-0.2, -0.15) is 5.26 Å². The predicted molar refractivity (Wildman–Crippen MR) is 78.2 cm³/mol. The van der Waals surface area contributed by atoms with Gasteiger partial charge in [-0.3, -0.25) is 0 Å². The molecule has 0 aromatic heterocycles. The fourth-order valence-electron chi connectivity index (χ4n) is 1.71. The van der Waals surface area contributed by atoms with E-state index in [0.717, 1.165) is 0 Å². The van der Waals surface area contributed by atoms with Crippen LogP contribution in [-0.4, -0.2) is 21.6 Å². The summed E-state index contributed by atoms with van der Waals surface area (Å²) < 4.78 is 44.9. The molecule has 1 N–H and O–H groups in total. The molecular formula is C15H13FN2O3S. The number of hydrogen-bond acceptors (Lipinski definition) is 4. The van der Waals surface area contributed by atoms with Crippen molar-refractivity contribution < 1.29 is 17.5 Å². The van der Waals surface area contributed by atoms with Gasteiger partial charge < -0.3 is 4.74 Å². The Hall–Kier alpha value is -2.43. The van der Waals surface area contributed by atoms with Gasteiger partial charge in [-0.1, -0.05) is 18.2 Å². The minimum atomic E-state index is -3.73. The third kappa shape index (κ3) is 4.04. The van der Waals surface area contributed by atoms with E-state index in [2.05, 4.69) is 4.72 Å². The fraction of sp³-hybridized carbons (Fsp3) is 0.133. The van der Waals surface area contributed by atoms with Crippen molar-refractivity contribution in [3.63, 3.8) is 0 Å². The normalized spacial score (nSPS) is 10.9.